The minimum absolute atomic E-state index is 0.0939. The van der Waals surface area contributed by atoms with E-state index in [0.717, 1.165) is 12.1 Å². The van der Waals surface area contributed by atoms with E-state index < -0.39 is 11.7 Å². The van der Waals surface area contributed by atoms with Crippen molar-refractivity contribution >= 4 is 0 Å². The van der Waals surface area contributed by atoms with Crippen LogP contribution in [0.4, 0.5) is 13.2 Å². The van der Waals surface area contributed by atoms with Gasteiger partial charge in [-0.15, -0.1) is 0 Å². The maximum atomic E-state index is 12.1. The highest BCUT2D eigenvalue weighted by Gasteiger charge is 2.30. The second-order valence-electron chi connectivity index (χ2n) is 2.79. The largest absolute Gasteiger partial charge is 0.478 e. The van der Waals surface area contributed by atoms with Crippen molar-refractivity contribution in [2.45, 2.75) is 12.6 Å². The van der Waals surface area contributed by atoms with Crippen LogP contribution in [-0.4, -0.2) is 18.2 Å². The molecule has 1 radical (unpaired) electrons. The van der Waals surface area contributed by atoms with E-state index in [-0.39, 0.29) is 19.1 Å². The third-order valence-corrected chi connectivity index (χ3v) is 1.60. The lowest BCUT2D eigenvalue weighted by Crippen LogP contribution is -2.06. The van der Waals surface area contributed by atoms with Gasteiger partial charge in [-0.3, -0.25) is 0 Å². The number of halogens is 3. The Kier molecular flexibility index (Phi) is 3.90. The van der Waals surface area contributed by atoms with Gasteiger partial charge in [0.1, 0.15) is 0 Å². The molecule has 1 rings (SSSR count). The van der Waals surface area contributed by atoms with Crippen LogP contribution in [0.5, 0.6) is 5.88 Å². The molecular weight excluding hydrogens is 211 g/mol. The number of hydrogen-bond donors (Lipinski definition) is 0. The highest BCUT2D eigenvalue weighted by Crippen LogP contribution is 2.29. The highest BCUT2D eigenvalue weighted by molar-refractivity contribution is 5.19. The van der Waals surface area contributed by atoms with Crippen molar-refractivity contribution in [3.05, 3.63) is 23.9 Å². The summed E-state index contributed by atoms with van der Waals surface area (Å²) in [6.45, 7) is -0.109. The van der Waals surface area contributed by atoms with Crippen LogP contribution in [0.1, 0.15) is 12.0 Å². The molecule has 1 heterocycles. The quantitative estimate of drug-likeness (QED) is 0.730. The topological polar surface area (TPSA) is 42.0 Å². The fourth-order valence-electron chi connectivity index (χ4n) is 0.869. The Balaban J connectivity index is 2.57. The van der Waals surface area contributed by atoms with Crippen molar-refractivity contribution < 1.29 is 23.0 Å². The van der Waals surface area contributed by atoms with Gasteiger partial charge in [0.25, 0.3) is 0 Å². The molecule has 0 aliphatic rings. The Morgan fingerprint density at radius 1 is 1.33 bits per heavy atom. The fourth-order valence-corrected chi connectivity index (χ4v) is 0.869. The van der Waals surface area contributed by atoms with Gasteiger partial charge >= 0.3 is 6.18 Å². The lowest BCUT2D eigenvalue weighted by molar-refractivity contribution is -0.137. The molecule has 15 heavy (non-hydrogen) atoms. The van der Waals surface area contributed by atoms with Crippen LogP contribution in [0.2, 0.25) is 0 Å². The molecule has 1 aromatic rings. The normalized spacial score (nSPS) is 11.5. The van der Waals surface area contributed by atoms with E-state index in [9.17, 15) is 18.3 Å². The predicted molar refractivity (Wildman–Crippen MR) is 44.9 cm³/mol. The number of rotatable bonds is 4. The number of nitrogens with zero attached hydrogens (tertiary/aromatic N) is 1. The molecule has 6 heteroatoms. The first-order valence-corrected chi connectivity index (χ1v) is 4.28. The molecule has 1 aromatic heterocycles. The molecule has 0 saturated carbocycles. The maximum absolute atomic E-state index is 12.1. The van der Waals surface area contributed by atoms with Gasteiger partial charge < -0.3 is 4.74 Å². The van der Waals surface area contributed by atoms with E-state index in [1.54, 1.807) is 0 Å². The van der Waals surface area contributed by atoms with E-state index >= 15 is 0 Å². The van der Waals surface area contributed by atoms with Gasteiger partial charge in [-0.2, -0.15) is 13.2 Å². The number of ether oxygens (including phenoxy) is 1. The molecule has 0 bridgehead atoms. The van der Waals surface area contributed by atoms with E-state index in [0.29, 0.717) is 12.6 Å². The SMILES string of the molecule is [O]CCCOc1ccc(C(F)(F)F)cn1. The van der Waals surface area contributed by atoms with Crippen LogP contribution >= 0.6 is 0 Å². The summed E-state index contributed by atoms with van der Waals surface area (Å²) in [5, 5.41) is 10.1. The van der Waals surface area contributed by atoms with Crippen molar-refractivity contribution in [2.75, 3.05) is 13.2 Å². The van der Waals surface area contributed by atoms with Crippen LogP contribution in [0.25, 0.3) is 0 Å². The summed E-state index contributed by atoms with van der Waals surface area (Å²) in [7, 11) is 0. The smallest absolute Gasteiger partial charge is 0.417 e. The lowest BCUT2D eigenvalue weighted by Gasteiger charge is -2.07. The number of aromatic nitrogens is 1. The summed E-state index contributed by atoms with van der Waals surface area (Å²) in [6, 6.07) is 2.02. The number of alkyl halides is 3. The summed E-state index contributed by atoms with van der Waals surface area (Å²) < 4.78 is 41.2. The van der Waals surface area contributed by atoms with Gasteiger partial charge in [0.2, 0.25) is 5.88 Å². The molecule has 0 aliphatic heterocycles. The second-order valence-corrected chi connectivity index (χ2v) is 2.79. The Labute approximate surface area is 84.5 Å². The standard InChI is InChI=1S/C9H9F3NO2/c10-9(11,12)7-2-3-8(13-6-7)15-5-1-4-14/h2-3,6H,1,4-5H2. The van der Waals surface area contributed by atoms with Crippen molar-refractivity contribution in [2.24, 2.45) is 0 Å². The zero-order valence-electron chi connectivity index (χ0n) is 7.75. The Morgan fingerprint density at radius 3 is 2.53 bits per heavy atom. The molecule has 0 atom stereocenters. The van der Waals surface area contributed by atoms with E-state index in [4.69, 9.17) is 4.74 Å². The van der Waals surface area contributed by atoms with Crippen molar-refractivity contribution in [3.8, 4) is 5.88 Å². The summed E-state index contributed by atoms with van der Waals surface area (Å²) >= 11 is 0. The molecular formula is C9H9F3NO2. The second kappa shape index (κ2) is 4.97. The molecule has 0 N–H and O–H groups in total. The molecule has 0 saturated heterocycles. The third-order valence-electron chi connectivity index (χ3n) is 1.60. The van der Waals surface area contributed by atoms with Gasteiger partial charge in [0.05, 0.1) is 18.8 Å². The molecule has 0 fully saturated rings. The zero-order valence-corrected chi connectivity index (χ0v) is 7.75. The van der Waals surface area contributed by atoms with E-state index in [2.05, 4.69) is 4.98 Å². The van der Waals surface area contributed by atoms with Gasteiger partial charge in [-0.1, -0.05) is 0 Å². The first-order valence-electron chi connectivity index (χ1n) is 4.28. The van der Waals surface area contributed by atoms with Gasteiger partial charge in [-0.05, 0) is 6.07 Å². The van der Waals surface area contributed by atoms with Crippen LogP contribution in [0.15, 0.2) is 18.3 Å². The minimum Gasteiger partial charge on any atom is -0.478 e. The van der Waals surface area contributed by atoms with Gasteiger partial charge in [-0.25, -0.2) is 10.1 Å². The molecule has 0 aromatic carbocycles. The van der Waals surface area contributed by atoms with E-state index in [1.165, 1.54) is 0 Å². The average Bonchev–Trinajstić information content (AvgIpc) is 2.18. The zero-order chi connectivity index (χ0) is 11.3. The summed E-state index contributed by atoms with van der Waals surface area (Å²) in [6.07, 6.45) is -3.38. The minimum atomic E-state index is -4.39. The van der Waals surface area contributed by atoms with Crippen LogP contribution < -0.4 is 4.74 Å². The maximum Gasteiger partial charge on any atom is 0.417 e. The number of pyridine rings is 1. The predicted octanol–water partition coefficient (Wildman–Crippen LogP) is 2.30. The lowest BCUT2D eigenvalue weighted by atomic mass is 10.3. The van der Waals surface area contributed by atoms with Crippen LogP contribution in [0, 0.1) is 0 Å². The van der Waals surface area contributed by atoms with Crippen LogP contribution in [0.3, 0.4) is 0 Å². The molecule has 0 amide bonds. The fraction of sp³-hybridized carbons (Fsp3) is 0.444. The third kappa shape index (κ3) is 3.75. The van der Waals surface area contributed by atoms with E-state index in [1.807, 2.05) is 0 Å². The number of hydrogen-bond acceptors (Lipinski definition) is 2. The van der Waals surface area contributed by atoms with Gasteiger partial charge in [0, 0.05) is 18.7 Å². The first kappa shape index (κ1) is 11.8. The summed E-state index contributed by atoms with van der Waals surface area (Å²) in [5.41, 5.74) is -0.821. The average molecular weight is 220 g/mol. The van der Waals surface area contributed by atoms with Crippen molar-refractivity contribution in [1.29, 1.82) is 0 Å². The molecule has 3 nitrogen and oxygen atoms in total. The Morgan fingerprint density at radius 2 is 2.07 bits per heavy atom. The molecule has 0 unspecified atom stereocenters. The van der Waals surface area contributed by atoms with Crippen molar-refractivity contribution in [1.82, 2.24) is 4.98 Å². The summed E-state index contributed by atoms with van der Waals surface area (Å²) in [4.78, 5) is 3.47. The Hall–Kier alpha value is -1.30. The molecule has 0 spiro atoms. The summed E-state index contributed by atoms with van der Waals surface area (Å²) in [5.74, 6) is 0.0939. The van der Waals surface area contributed by atoms with Crippen LogP contribution in [-0.2, 0) is 11.3 Å². The molecule has 83 valence electrons. The molecule has 0 aliphatic carbocycles. The first-order chi connectivity index (χ1) is 7.04. The van der Waals surface area contributed by atoms with Gasteiger partial charge in [0.15, 0.2) is 0 Å². The van der Waals surface area contributed by atoms with Crippen molar-refractivity contribution in [3.63, 3.8) is 0 Å². The highest BCUT2D eigenvalue weighted by atomic mass is 19.4. The Bertz CT molecular complexity index is 297. The monoisotopic (exact) mass is 220 g/mol.